The van der Waals surface area contributed by atoms with E-state index in [2.05, 4.69) is 5.32 Å². The van der Waals surface area contributed by atoms with E-state index in [9.17, 15) is 9.59 Å². The summed E-state index contributed by atoms with van der Waals surface area (Å²) in [6.45, 7) is 3.80. The zero-order valence-electron chi connectivity index (χ0n) is 12.5. The highest BCUT2D eigenvalue weighted by atomic mass is 16.5. The van der Waals surface area contributed by atoms with Gasteiger partial charge in [-0.25, -0.2) is 4.79 Å². The van der Waals surface area contributed by atoms with Gasteiger partial charge in [-0.3, -0.25) is 4.79 Å². The monoisotopic (exact) mass is 294 g/mol. The zero-order valence-corrected chi connectivity index (χ0v) is 12.5. The number of carbonyl (C=O) groups excluding carboxylic acids is 1. The smallest absolute Gasteiger partial charge is 0.317 e. The first-order valence-corrected chi connectivity index (χ1v) is 6.88. The molecule has 0 aromatic heterocycles. The van der Waals surface area contributed by atoms with Crippen molar-refractivity contribution in [3.8, 4) is 0 Å². The molecule has 0 spiro atoms. The molecule has 0 aliphatic carbocycles. The van der Waals surface area contributed by atoms with Crippen LogP contribution >= 0.6 is 0 Å². The third kappa shape index (κ3) is 5.83. The average molecular weight is 294 g/mol. The van der Waals surface area contributed by atoms with Crippen molar-refractivity contribution in [3.63, 3.8) is 0 Å². The van der Waals surface area contributed by atoms with Crippen molar-refractivity contribution in [2.45, 2.75) is 19.9 Å². The number of ether oxygens (including phenoxy) is 1. The average Bonchev–Trinajstić information content (AvgIpc) is 2.46. The Morgan fingerprint density at radius 2 is 1.95 bits per heavy atom. The van der Waals surface area contributed by atoms with Gasteiger partial charge in [-0.2, -0.15) is 0 Å². The highest BCUT2D eigenvalue weighted by Gasteiger charge is 2.12. The molecule has 6 nitrogen and oxygen atoms in total. The molecule has 0 unspecified atom stereocenters. The molecular formula is C15H22N2O4. The molecule has 0 bridgehead atoms. The van der Waals surface area contributed by atoms with E-state index >= 15 is 0 Å². The number of carboxylic acids is 1. The zero-order chi connectivity index (χ0) is 15.7. The second-order valence-electron chi connectivity index (χ2n) is 4.57. The number of amides is 2. The Balaban J connectivity index is 2.61. The van der Waals surface area contributed by atoms with Crippen LogP contribution in [0.4, 0.5) is 4.79 Å². The Bertz CT molecular complexity index is 476. The molecular weight excluding hydrogens is 272 g/mol. The summed E-state index contributed by atoms with van der Waals surface area (Å²) in [5.41, 5.74) is 1.53. The fourth-order valence-electron chi connectivity index (χ4n) is 1.95. The van der Waals surface area contributed by atoms with Crippen LogP contribution in [-0.4, -0.2) is 48.8 Å². The first kappa shape index (κ1) is 17.0. The molecule has 21 heavy (non-hydrogen) atoms. The standard InChI is InChI=1S/C15H22N2O4/c1-3-17(8-9-21-2)15(20)16-11-13-7-5-4-6-12(13)10-14(18)19/h4-7H,3,8-11H2,1-2H3,(H,16,20)(H,18,19). The fraction of sp³-hybridized carbons (Fsp3) is 0.467. The lowest BCUT2D eigenvalue weighted by Crippen LogP contribution is -2.41. The van der Waals surface area contributed by atoms with E-state index < -0.39 is 5.97 Å². The van der Waals surface area contributed by atoms with Gasteiger partial charge in [0.2, 0.25) is 0 Å². The van der Waals surface area contributed by atoms with Gasteiger partial charge in [0.15, 0.2) is 0 Å². The highest BCUT2D eigenvalue weighted by molar-refractivity contribution is 5.74. The highest BCUT2D eigenvalue weighted by Crippen LogP contribution is 2.09. The van der Waals surface area contributed by atoms with Crippen molar-refractivity contribution in [1.29, 1.82) is 0 Å². The Hall–Kier alpha value is -2.08. The number of rotatable bonds is 8. The number of carboxylic acid groups (broad SMARTS) is 1. The number of benzene rings is 1. The Kier molecular flexibility index (Phi) is 7.25. The van der Waals surface area contributed by atoms with Crippen LogP contribution in [0.15, 0.2) is 24.3 Å². The number of hydrogen-bond acceptors (Lipinski definition) is 3. The molecule has 2 N–H and O–H groups in total. The molecule has 0 saturated heterocycles. The van der Waals surface area contributed by atoms with Gasteiger partial charge < -0.3 is 20.1 Å². The molecule has 1 rings (SSSR count). The third-order valence-corrected chi connectivity index (χ3v) is 3.12. The Labute approximate surface area is 124 Å². The van der Waals surface area contributed by atoms with Crippen LogP contribution < -0.4 is 5.32 Å². The summed E-state index contributed by atoms with van der Waals surface area (Å²) < 4.78 is 4.96. The number of nitrogens with zero attached hydrogens (tertiary/aromatic N) is 1. The molecule has 1 aromatic carbocycles. The molecule has 2 amide bonds. The van der Waals surface area contributed by atoms with Crippen molar-refractivity contribution in [2.24, 2.45) is 0 Å². The minimum Gasteiger partial charge on any atom is -0.481 e. The van der Waals surface area contributed by atoms with E-state index in [0.717, 1.165) is 5.56 Å². The van der Waals surface area contributed by atoms with Crippen LogP contribution in [0.1, 0.15) is 18.1 Å². The van der Waals surface area contributed by atoms with Gasteiger partial charge >= 0.3 is 12.0 Å². The third-order valence-electron chi connectivity index (χ3n) is 3.12. The molecule has 0 atom stereocenters. The lowest BCUT2D eigenvalue weighted by atomic mass is 10.0. The number of aliphatic carboxylic acids is 1. The van der Waals surface area contributed by atoms with Gasteiger partial charge in [0.05, 0.1) is 13.0 Å². The van der Waals surface area contributed by atoms with Gasteiger partial charge in [0, 0.05) is 26.7 Å². The van der Waals surface area contributed by atoms with Crippen molar-refractivity contribution in [1.82, 2.24) is 10.2 Å². The number of nitrogens with one attached hydrogen (secondary N) is 1. The number of methoxy groups -OCH3 is 1. The van der Waals surface area contributed by atoms with Crippen molar-refractivity contribution >= 4 is 12.0 Å². The van der Waals surface area contributed by atoms with E-state index in [1.165, 1.54) is 0 Å². The molecule has 0 fully saturated rings. The molecule has 116 valence electrons. The Morgan fingerprint density at radius 1 is 1.29 bits per heavy atom. The summed E-state index contributed by atoms with van der Waals surface area (Å²) in [6, 6.07) is 7.03. The van der Waals surface area contributed by atoms with Crippen LogP contribution in [0, 0.1) is 0 Å². The topological polar surface area (TPSA) is 78.9 Å². The van der Waals surface area contributed by atoms with E-state index in [1.807, 2.05) is 19.1 Å². The number of carbonyl (C=O) groups is 2. The molecule has 6 heteroatoms. The van der Waals surface area contributed by atoms with E-state index in [4.69, 9.17) is 9.84 Å². The summed E-state index contributed by atoms with van der Waals surface area (Å²) in [5, 5.41) is 11.7. The SMILES string of the molecule is CCN(CCOC)C(=O)NCc1ccccc1CC(=O)O. The number of likely N-dealkylation sites (N-methyl/N-ethyl adjacent to an activating group) is 1. The van der Waals surface area contributed by atoms with Crippen molar-refractivity contribution in [2.75, 3.05) is 26.8 Å². The molecule has 0 saturated carbocycles. The van der Waals surface area contributed by atoms with Gasteiger partial charge in [0.1, 0.15) is 0 Å². The predicted molar refractivity (Wildman–Crippen MR) is 79.1 cm³/mol. The second kappa shape index (κ2) is 8.97. The summed E-state index contributed by atoms with van der Waals surface area (Å²) >= 11 is 0. The minimum atomic E-state index is -0.885. The summed E-state index contributed by atoms with van der Waals surface area (Å²) in [6.07, 6.45) is -0.0484. The maximum absolute atomic E-state index is 12.0. The lowest BCUT2D eigenvalue weighted by Gasteiger charge is -2.21. The maximum atomic E-state index is 12.0. The minimum absolute atomic E-state index is 0.0484. The summed E-state index contributed by atoms with van der Waals surface area (Å²) in [7, 11) is 1.59. The predicted octanol–water partition coefficient (Wildman–Crippen LogP) is 1.49. The van der Waals surface area contributed by atoms with Crippen LogP contribution in [-0.2, 0) is 22.5 Å². The molecule has 0 aliphatic rings. The van der Waals surface area contributed by atoms with E-state index in [0.29, 0.717) is 31.8 Å². The molecule has 0 heterocycles. The van der Waals surface area contributed by atoms with Gasteiger partial charge in [-0.1, -0.05) is 24.3 Å². The first-order valence-electron chi connectivity index (χ1n) is 6.88. The molecule has 0 radical (unpaired) electrons. The summed E-state index contributed by atoms with van der Waals surface area (Å²) in [5.74, 6) is -0.885. The second-order valence-corrected chi connectivity index (χ2v) is 4.57. The van der Waals surface area contributed by atoms with Crippen LogP contribution in [0.25, 0.3) is 0 Å². The van der Waals surface area contributed by atoms with E-state index in [-0.39, 0.29) is 12.5 Å². The summed E-state index contributed by atoms with van der Waals surface area (Å²) in [4.78, 5) is 24.5. The van der Waals surface area contributed by atoms with E-state index in [1.54, 1.807) is 24.1 Å². The van der Waals surface area contributed by atoms with Crippen LogP contribution in [0.2, 0.25) is 0 Å². The molecule has 1 aromatic rings. The lowest BCUT2D eigenvalue weighted by molar-refractivity contribution is -0.136. The van der Waals surface area contributed by atoms with Gasteiger partial charge in [-0.15, -0.1) is 0 Å². The first-order chi connectivity index (χ1) is 10.1. The maximum Gasteiger partial charge on any atom is 0.317 e. The molecule has 0 aliphatic heterocycles. The fourth-order valence-corrected chi connectivity index (χ4v) is 1.95. The van der Waals surface area contributed by atoms with Gasteiger partial charge in [-0.05, 0) is 18.1 Å². The van der Waals surface area contributed by atoms with Crippen LogP contribution in [0.3, 0.4) is 0 Å². The normalized spacial score (nSPS) is 10.2. The van der Waals surface area contributed by atoms with Crippen molar-refractivity contribution in [3.05, 3.63) is 35.4 Å². The quantitative estimate of drug-likeness (QED) is 0.761. The Morgan fingerprint density at radius 3 is 2.52 bits per heavy atom. The van der Waals surface area contributed by atoms with Crippen LogP contribution in [0.5, 0.6) is 0 Å². The number of hydrogen-bond donors (Lipinski definition) is 2. The van der Waals surface area contributed by atoms with Gasteiger partial charge in [0.25, 0.3) is 0 Å². The van der Waals surface area contributed by atoms with Crippen molar-refractivity contribution < 1.29 is 19.4 Å². The number of urea groups is 1. The largest absolute Gasteiger partial charge is 0.481 e.